The number of nitrogens with one attached hydrogen (secondary N) is 1. The van der Waals surface area contributed by atoms with Crippen molar-refractivity contribution in [2.75, 3.05) is 19.7 Å². The molecule has 0 fully saturated rings. The van der Waals surface area contributed by atoms with Crippen LogP contribution in [0.25, 0.3) is 0 Å². The molecule has 0 heterocycles. The maximum absolute atomic E-state index is 11.8. The molecule has 28 heavy (non-hydrogen) atoms. The summed E-state index contributed by atoms with van der Waals surface area (Å²) in [5.74, 6) is -0.292. The van der Waals surface area contributed by atoms with E-state index in [0.717, 1.165) is 16.7 Å². The van der Waals surface area contributed by atoms with Gasteiger partial charge in [0.1, 0.15) is 6.61 Å². The minimum absolute atomic E-state index is 0.0563. The molecule has 1 atom stereocenters. The quantitative estimate of drug-likeness (QED) is 0.614. The van der Waals surface area contributed by atoms with Crippen LogP contribution in [0, 0.1) is 0 Å². The number of rotatable bonds is 10. The third-order valence-corrected chi connectivity index (χ3v) is 4.35. The normalized spacial score (nSPS) is 11.5. The van der Waals surface area contributed by atoms with Gasteiger partial charge in [-0.05, 0) is 36.6 Å². The molecular formula is C22H28N2O4. The summed E-state index contributed by atoms with van der Waals surface area (Å²) >= 11 is 0. The average Bonchev–Trinajstić information content (AvgIpc) is 2.72. The van der Waals surface area contributed by atoms with E-state index in [9.17, 15) is 9.59 Å². The maximum atomic E-state index is 11.8. The number of carbonyl (C=O) groups excluding carboxylic acids is 2. The Labute approximate surface area is 166 Å². The van der Waals surface area contributed by atoms with Gasteiger partial charge in [-0.1, -0.05) is 54.6 Å². The Balaban J connectivity index is 1.74. The molecule has 2 aromatic rings. The van der Waals surface area contributed by atoms with Crippen molar-refractivity contribution in [3.63, 3.8) is 0 Å². The van der Waals surface area contributed by atoms with Crippen molar-refractivity contribution < 1.29 is 19.1 Å². The standard InChI is InChI=1S/C22H28N2O4/c1-2-27-21(25)14-20(15-23)19-10-8-17(9-11-19)12-13-24-22(26)28-16-18-6-4-3-5-7-18/h3-11,20H,2,12-16,23H2,1H3,(H,24,26). The highest BCUT2D eigenvalue weighted by molar-refractivity contribution is 5.70. The van der Waals surface area contributed by atoms with Crippen LogP contribution < -0.4 is 11.1 Å². The van der Waals surface area contributed by atoms with E-state index in [4.69, 9.17) is 15.2 Å². The fourth-order valence-electron chi connectivity index (χ4n) is 2.80. The van der Waals surface area contributed by atoms with Crippen LogP contribution in [0.3, 0.4) is 0 Å². The van der Waals surface area contributed by atoms with Crippen LogP contribution >= 0.6 is 0 Å². The van der Waals surface area contributed by atoms with Gasteiger partial charge in [0.15, 0.2) is 0 Å². The predicted molar refractivity (Wildman–Crippen MR) is 108 cm³/mol. The first-order chi connectivity index (χ1) is 13.6. The fraction of sp³-hybridized carbons (Fsp3) is 0.364. The maximum Gasteiger partial charge on any atom is 0.407 e. The Kier molecular flexibility index (Phi) is 9.01. The summed E-state index contributed by atoms with van der Waals surface area (Å²) < 4.78 is 10.2. The first-order valence-corrected chi connectivity index (χ1v) is 9.51. The molecule has 1 unspecified atom stereocenters. The highest BCUT2D eigenvalue weighted by Gasteiger charge is 2.15. The minimum Gasteiger partial charge on any atom is -0.466 e. The van der Waals surface area contributed by atoms with Crippen LogP contribution in [-0.4, -0.2) is 31.8 Å². The number of amides is 1. The number of hydrogen-bond donors (Lipinski definition) is 2. The topological polar surface area (TPSA) is 90.6 Å². The zero-order valence-electron chi connectivity index (χ0n) is 16.2. The van der Waals surface area contributed by atoms with E-state index in [1.165, 1.54) is 0 Å². The van der Waals surface area contributed by atoms with Crippen molar-refractivity contribution >= 4 is 12.1 Å². The number of benzene rings is 2. The van der Waals surface area contributed by atoms with E-state index >= 15 is 0 Å². The summed E-state index contributed by atoms with van der Waals surface area (Å²) in [7, 11) is 0. The Morgan fingerprint density at radius 3 is 2.36 bits per heavy atom. The molecule has 0 saturated carbocycles. The SMILES string of the molecule is CCOC(=O)CC(CN)c1ccc(CCNC(=O)OCc2ccccc2)cc1. The average molecular weight is 384 g/mol. The van der Waals surface area contributed by atoms with Crippen molar-refractivity contribution in [1.29, 1.82) is 0 Å². The lowest BCUT2D eigenvalue weighted by Crippen LogP contribution is -2.26. The van der Waals surface area contributed by atoms with Gasteiger partial charge in [-0.2, -0.15) is 0 Å². The summed E-state index contributed by atoms with van der Waals surface area (Å²) in [5, 5.41) is 2.75. The number of ether oxygens (including phenoxy) is 2. The van der Waals surface area contributed by atoms with Gasteiger partial charge < -0.3 is 20.5 Å². The summed E-state index contributed by atoms with van der Waals surface area (Å²) in [5.41, 5.74) is 8.84. The van der Waals surface area contributed by atoms with Gasteiger partial charge in [-0.15, -0.1) is 0 Å². The number of carbonyl (C=O) groups is 2. The second-order valence-corrected chi connectivity index (χ2v) is 6.42. The van der Waals surface area contributed by atoms with Crippen molar-refractivity contribution in [1.82, 2.24) is 5.32 Å². The second kappa shape index (κ2) is 11.8. The van der Waals surface area contributed by atoms with Gasteiger partial charge in [-0.3, -0.25) is 4.79 Å². The van der Waals surface area contributed by atoms with E-state index in [-0.39, 0.29) is 24.9 Å². The van der Waals surface area contributed by atoms with Gasteiger partial charge in [0, 0.05) is 12.5 Å². The van der Waals surface area contributed by atoms with Crippen molar-refractivity contribution in [3.05, 3.63) is 71.3 Å². The number of hydrogen-bond acceptors (Lipinski definition) is 5. The van der Waals surface area contributed by atoms with E-state index in [0.29, 0.717) is 26.1 Å². The molecule has 2 aromatic carbocycles. The Morgan fingerprint density at radius 1 is 1.00 bits per heavy atom. The molecule has 0 aliphatic heterocycles. The van der Waals surface area contributed by atoms with E-state index in [1.54, 1.807) is 6.92 Å². The smallest absolute Gasteiger partial charge is 0.407 e. The van der Waals surface area contributed by atoms with Gasteiger partial charge in [-0.25, -0.2) is 4.79 Å². The third-order valence-electron chi connectivity index (χ3n) is 4.35. The molecule has 3 N–H and O–H groups in total. The summed E-state index contributed by atoms with van der Waals surface area (Å²) in [4.78, 5) is 23.4. The lowest BCUT2D eigenvalue weighted by atomic mass is 9.94. The van der Waals surface area contributed by atoms with Gasteiger partial charge in [0.2, 0.25) is 0 Å². The van der Waals surface area contributed by atoms with Crippen LogP contribution in [0.5, 0.6) is 0 Å². The summed E-state index contributed by atoms with van der Waals surface area (Å²) in [6, 6.07) is 17.5. The minimum atomic E-state index is -0.432. The molecule has 6 nitrogen and oxygen atoms in total. The molecule has 0 aliphatic rings. The number of esters is 1. The van der Waals surface area contributed by atoms with E-state index < -0.39 is 6.09 Å². The molecule has 0 bridgehead atoms. The van der Waals surface area contributed by atoms with Crippen LogP contribution in [-0.2, 0) is 27.3 Å². The van der Waals surface area contributed by atoms with Crippen LogP contribution in [0.1, 0.15) is 36.0 Å². The molecule has 6 heteroatoms. The zero-order chi connectivity index (χ0) is 20.2. The molecule has 0 spiro atoms. The van der Waals surface area contributed by atoms with Crippen LogP contribution in [0.2, 0.25) is 0 Å². The Morgan fingerprint density at radius 2 is 1.71 bits per heavy atom. The van der Waals surface area contributed by atoms with E-state index in [2.05, 4.69) is 5.32 Å². The summed E-state index contributed by atoms with van der Waals surface area (Å²) in [6.07, 6.45) is 0.530. The Hall–Kier alpha value is -2.86. The molecule has 0 saturated heterocycles. The highest BCUT2D eigenvalue weighted by atomic mass is 16.5. The third kappa shape index (κ3) is 7.40. The van der Waals surface area contributed by atoms with Gasteiger partial charge in [0.25, 0.3) is 0 Å². The van der Waals surface area contributed by atoms with Crippen LogP contribution in [0.15, 0.2) is 54.6 Å². The fourth-order valence-corrected chi connectivity index (χ4v) is 2.80. The monoisotopic (exact) mass is 384 g/mol. The van der Waals surface area contributed by atoms with E-state index in [1.807, 2.05) is 54.6 Å². The molecule has 2 rings (SSSR count). The largest absolute Gasteiger partial charge is 0.466 e. The Bertz CT molecular complexity index is 732. The van der Waals surface area contributed by atoms with Gasteiger partial charge in [0.05, 0.1) is 13.0 Å². The number of alkyl carbamates (subject to hydrolysis) is 1. The molecular weight excluding hydrogens is 356 g/mol. The van der Waals surface area contributed by atoms with Crippen molar-refractivity contribution in [2.24, 2.45) is 5.73 Å². The van der Waals surface area contributed by atoms with Gasteiger partial charge >= 0.3 is 12.1 Å². The molecule has 0 aromatic heterocycles. The molecule has 0 radical (unpaired) electrons. The molecule has 1 amide bonds. The van der Waals surface area contributed by atoms with Crippen molar-refractivity contribution in [2.45, 2.75) is 32.3 Å². The molecule has 0 aliphatic carbocycles. The van der Waals surface area contributed by atoms with Crippen LogP contribution in [0.4, 0.5) is 4.79 Å². The zero-order valence-corrected chi connectivity index (χ0v) is 16.2. The second-order valence-electron chi connectivity index (χ2n) is 6.42. The lowest BCUT2D eigenvalue weighted by molar-refractivity contribution is -0.143. The number of nitrogens with two attached hydrogens (primary N) is 1. The highest BCUT2D eigenvalue weighted by Crippen LogP contribution is 2.20. The van der Waals surface area contributed by atoms with Crippen molar-refractivity contribution in [3.8, 4) is 0 Å². The summed E-state index contributed by atoms with van der Waals surface area (Å²) in [6.45, 7) is 3.27. The first-order valence-electron chi connectivity index (χ1n) is 9.51. The predicted octanol–water partition coefficient (Wildman–Crippen LogP) is 3.15. The molecule has 150 valence electrons. The lowest BCUT2D eigenvalue weighted by Gasteiger charge is -2.15. The first kappa shape index (κ1) is 21.4.